The van der Waals surface area contributed by atoms with E-state index < -0.39 is 0 Å². The maximum atomic E-state index is 2.63. The van der Waals surface area contributed by atoms with Gasteiger partial charge in [-0.15, -0.1) is 0 Å². The van der Waals surface area contributed by atoms with Crippen LogP contribution >= 0.6 is 22.6 Å². The van der Waals surface area contributed by atoms with Gasteiger partial charge >= 0.3 is 51.2 Å². The summed E-state index contributed by atoms with van der Waals surface area (Å²) in [5, 5.41) is 0. The van der Waals surface area contributed by atoms with E-state index in [1.165, 1.54) is 33.5 Å². The molecule has 1 aliphatic heterocycles. The van der Waals surface area contributed by atoms with E-state index in [9.17, 15) is 0 Å². The van der Waals surface area contributed by atoms with Crippen LogP contribution in [0.4, 0.5) is 0 Å². The van der Waals surface area contributed by atoms with Crippen LogP contribution in [0, 0.1) is 188 Å². The van der Waals surface area contributed by atoms with E-state index in [0.717, 1.165) is 6.54 Å². The molecule has 0 amide bonds. The van der Waals surface area contributed by atoms with Gasteiger partial charge in [-0.05, 0) is 180 Å². The van der Waals surface area contributed by atoms with Crippen molar-refractivity contribution in [3.63, 3.8) is 0 Å². The minimum absolute atomic E-state index is 0. The molecule has 0 aromatic rings. The average molecular weight is 763 g/mol. The fourth-order valence-electron chi connectivity index (χ4n) is 4.78. The average Bonchev–Trinajstić information content (AvgIpc) is 3.78. The van der Waals surface area contributed by atoms with E-state index in [1.54, 1.807) is 0 Å². The molecule has 1 nitrogen and oxygen atoms in total. The van der Waals surface area contributed by atoms with Crippen LogP contribution in [0.5, 0.6) is 0 Å². The largest absolute Gasteiger partial charge is 2.00 e. The Kier molecular flexibility index (Phi) is 22.9. The third-order valence-electron chi connectivity index (χ3n) is 6.75. The van der Waals surface area contributed by atoms with Crippen LogP contribution in [-0.2, 0) is 51.2 Å². The molecule has 5 heteroatoms. The second-order valence-corrected chi connectivity index (χ2v) is 10.3. The second kappa shape index (κ2) is 22.7. The molecule has 0 aromatic carbocycles. The van der Waals surface area contributed by atoms with Crippen molar-refractivity contribution in [2.75, 3.05) is 6.54 Å². The zero-order valence-electron chi connectivity index (χ0n) is 22.6. The number of hydrogen-bond acceptors (Lipinski definition) is 1. The molecule has 0 N–H and O–H groups in total. The predicted molar refractivity (Wildman–Crippen MR) is 162 cm³/mol. The summed E-state index contributed by atoms with van der Waals surface area (Å²) in [6.45, 7) is 5.69. The number of rotatable bonds is 2. The van der Waals surface area contributed by atoms with Crippen molar-refractivity contribution < 1.29 is 51.2 Å². The zero-order chi connectivity index (χ0) is 25.9. The van der Waals surface area contributed by atoms with Crippen LogP contribution in [0.25, 0.3) is 0 Å². The summed E-state index contributed by atoms with van der Waals surface area (Å²) in [6.07, 6.45) is 50.1. The van der Waals surface area contributed by atoms with Gasteiger partial charge in [0.05, 0.1) is 0 Å². The van der Waals surface area contributed by atoms with Crippen molar-refractivity contribution in [2.24, 2.45) is 0 Å². The van der Waals surface area contributed by atoms with Crippen molar-refractivity contribution in [1.82, 2.24) is 4.90 Å². The van der Waals surface area contributed by atoms with Gasteiger partial charge in [-0.25, -0.2) is 0 Å². The first-order valence-electron chi connectivity index (χ1n) is 12.8. The van der Waals surface area contributed by atoms with Crippen molar-refractivity contribution in [1.29, 1.82) is 0 Å². The fourth-order valence-corrected chi connectivity index (χ4v) is 5.33. The maximum absolute atomic E-state index is 2.63. The Morgan fingerprint density at radius 1 is 0.475 bits per heavy atom. The van der Waals surface area contributed by atoms with E-state index in [1.807, 2.05) is 96.3 Å². The molecule has 40 heavy (non-hydrogen) atoms. The molecular weight excluding hydrogens is 729 g/mol. The van der Waals surface area contributed by atoms with E-state index in [-0.39, 0.29) is 51.2 Å². The summed E-state index contributed by atoms with van der Waals surface area (Å²) < 4.78 is 1.37. The molecule has 1 heterocycles. The van der Waals surface area contributed by atoms with Crippen LogP contribution in [0.2, 0.25) is 0 Å². The number of halogens is 1. The molecule has 6 saturated carbocycles. The molecule has 204 valence electrons. The Morgan fingerprint density at radius 2 is 0.800 bits per heavy atom. The van der Waals surface area contributed by atoms with Crippen LogP contribution in [0.15, 0.2) is 0 Å². The van der Waals surface area contributed by atoms with Crippen LogP contribution in [0.3, 0.4) is 0 Å². The quantitative estimate of drug-likeness (QED) is 0.220. The minimum Gasteiger partial charge on any atom is -0.296 e. The van der Waals surface area contributed by atoms with Gasteiger partial charge in [0.25, 0.3) is 0 Å². The molecule has 1 saturated heterocycles. The van der Waals surface area contributed by atoms with E-state index >= 15 is 0 Å². The molecule has 0 spiro atoms. The fraction of sp³-hybridized carbons (Fsp3) is 0.143. The molecular formula is C35H34Fe3IN+6. The van der Waals surface area contributed by atoms with Gasteiger partial charge in [0.1, 0.15) is 0 Å². The predicted octanol–water partition coefficient (Wildman–Crippen LogP) is 6.85. The Balaban J connectivity index is 0.000000363. The molecule has 30 radical (unpaired) electrons. The van der Waals surface area contributed by atoms with Crippen LogP contribution < -0.4 is 0 Å². The summed E-state index contributed by atoms with van der Waals surface area (Å²) in [5.41, 5.74) is 0. The van der Waals surface area contributed by atoms with Gasteiger partial charge in [0.15, 0.2) is 0 Å². The van der Waals surface area contributed by atoms with Gasteiger partial charge in [-0.3, -0.25) is 4.90 Å². The van der Waals surface area contributed by atoms with Crippen molar-refractivity contribution in [3.8, 4) is 0 Å². The summed E-state index contributed by atoms with van der Waals surface area (Å²) in [7, 11) is 0. The molecule has 0 aromatic heterocycles. The topological polar surface area (TPSA) is 3.24 Å². The van der Waals surface area contributed by atoms with Crippen molar-refractivity contribution in [2.45, 2.75) is 25.9 Å². The van der Waals surface area contributed by atoms with Gasteiger partial charge in [-0.2, -0.15) is 0 Å². The maximum Gasteiger partial charge on any atom is 2.00 e. The van der Waals surface area contributed by atoms with Gasteiger partial charge in [-0.1, -0.05) is 22.6 Å². The Bertz CT molecular complexity index is 537. The van der Waals surface area contributed by atoms with Crippen molar-refractivity contribution in [3.05, 3.63) is 188 Å². The number of nitrogens with zero attached hydrogens (tertiary/aromatic N) is 1. The Hall–Kier alpha value is 2.25. The minimum atomic E-state index is 0. The number of fused-ring (bicyclic) bond motifs is 3. The molecule has 0 bridgehead atoms. The van der Waals surface area contributed by atoms with E-state index in [2.05, 4.69) is 99.1 Å². The third-order valence-corrected chi connectivity index (χ3v) is 7.80. The first-order chi connectivity index (χ1) is 18.2. The van der Waals surface area contributed by atoms with Gasteiger partial charge < -0.3 is 0 Å². The van der Waals surface area contributed by atoms with Gasteiger partial charge in [0.2, 0.25) is 0 Å². The second-order valence-electron chi connectivity index (χ2n) is 9.10. The molecule has 6 aliphatic carbocycles. The number of hydrogen-bond donors (Lipinski definition) is 0. The molecule has 7 rings (SSSR count). The Labute approximate surface area is 296 Å². The van der Waals surface area contributed by atoms with Crippen LogP contribution in [-0.4, -0.2) is 23.5 Å². The van der Waals surface area contributed by atoms with Crippen LogP contribution in [0.1, 0.15) is 13.8 Å². The molecule has 2 atom stereocenters. The van der Waals surface area contributed by atoms with Crippen molar-refractivity contribution >= 4 is 22.6 Å². The normalized spacial score (nSPS) is 29.8. The first kappa shape index (κ1) is 40.3. The molecule has 7 fully saturated rings. The summed E-state index contributed by atoms with van der Waals surface area (Å²) in [6, 6.07) is 0.858. The summed E-state index contributed by atoms with van der Waals surface area (Å²) in [5.74, 6) is 7.18. The smallest absolute Gasteiger partial charge is 0.296 e. The molecule has 7 aliphatic rings. The monoisotopic (exact) mass is 763 g/mol. The standard InChI is InChI=1S/C20H19IN.3C5H5.3Fe/c1-13-16-7-4-9-18(16)19-10-5-8-17(19)14(2)22(13)12-15-6-3-11-20(15)21;3*1-2-4-5-3-1;;;/h3-11,13-14H,12H2,1-2H3;3*1-5H;;;/q;;;;3*+2/t13-,14-;;;;;;/m0....../s1. The first-order valence-corrected chi connectivity index (χ1v) is 13.9. The SMILES string of the molecule is C[C@H]1[C]2[CH][CH][CH][C]2[C]2[CH][CH][CH][C]2[C@H](C)N1C[C]1[CH][CH][CH][C]1I.[CH]1[CH][CH][CH][CH]1.[CH]1[CH][CH][CH][CH]1.[CH]1[CH][CH][CH][CH]1.[Fe+2].[Fe+2].[Fe+2]. The van der Waals surface area contributed by atoms with Gasteiger partial charge in [0, 0.05) is 40.3 Å². The van der Waals surface area contributed by atoms with E-state index in [0.29, 0.717) is 12.1 Å². The zero-order valence-corrected chi connectivity index (χ0v) is 28.1. The Morgan fingerprint density at radius 3 is 1.10 bits per heavy atom. The molecule has 0 unspecified atom stereocenters. The third kappa shape index (κ3) is 12.2. The van der Waals surface area contributed by atoms with E-state index in [4.69, 9.17) is 0 Å². The number of likely N-dealkylation sites (tertiary alicyclic amines) is 1. The summed E-state index contributed by atoms with van der Waals surface area (Å²) >= 11 is 2.45. The summed E-state index contributed by atoms with van der Waals surface area (Å²) in [4.78, 5) is 2.63.